The Morgan fingerprint density at radius 3 is 2.89 bits per heavy atom. The average Bonchev–Trinajstić information content (AvgIpc) is 2.81. The van der Waals surface area contributed by atoms with Gasteiger partial charge in [0.05, 0.1) is 0 Å². The van der Waals surface area contributed by atoms with E-state index in [1.165, 1.54) is 11.1 Å². The Morgan fingerprint density at radius 2 is 2.21 bits per heavy atom. The Kier molecular flexibility index (Phi) is 4.31. The topological polar surface area (TPSA) is 68.0 Å². The van der Waals surface area contributed by atoms with Gasteiger partial charge in [0, 0.05) is 11.0 Å². The lowest BCUT2D eigenvalue weighted by Crippen LogP contribution is -2.26. The lowest BCUT2D eigenvalue weighted by Gasteiger charge is -2.07. The highest BCUT2D eigenvalue weighted by Crippen LogP contribution is 2.19. The van der Waals surface area contributed by atoms with Crippen LogP contribution in [0.15, 0.2) is 27.2 Å². The van der Waals surface area contributed by atoms with E-state index in [0.29, 0.717) is 12.4 Å². The van der Waals surface area contributed by atoms with Gasteiger partial charge in [-0.3, -0.25) is 4.79 Å². The Hall–Kier alpha value is -1.69. The fourth-order valence-corrected chi connectivity index (χ4v) is 2.11. The molecule has 0 aliphatic heterocycles. The van der Waals surface area contributed by atoms with Gasteiger partial charge in [0.15, 0.2) is 5.82 Å². The fraction of sp³-hybridized carbons (Fsp3) is 0.308. The van der Waals surface area contributed by atoms with Crippen molar-refractivity contribution in [2.24, 2.45) is 0 Å². The van der Waals surface area contributed by atoms with Gasteiger partial charge in [0.1, 0.15) is 0 Å². The minimum absolute atomic E-state index is 0.00321. The predicted octanol–water partition coefficient (Wildman–Crippen LogP) is 2.42. The van der Waals surface area contributed by atoms with E-state index in [2.05, 4.69) is 31.4 Å². The number of hydrogen-bond acceptors (Lipinski definition) is 4. The number of rotatable bonds is 4. The van der Waals surface area contributed by atoms with Crippen LogP contribution < -0.4 is 5.32 Å². The van der Waals surface area contributed by atoms with Gasteiger partial charge >= 0.3 is 11.8 Å². The van der Waals surface area contributed by atoms with Crippen LogP contribution >= 0.6 is 15.9 Å². The van der Waals surface area contributed by atoms with Crippen molar-refractivity contribution in [1.82, 2.24) is 15.5 Å². The van der Waals surface area contributed by atoms with Crippen LogP contribution in [0.1, 0.15) is 27.6 Å². The summed E-state index contributed by atoms with van der Waals surface area (Å²) in [6, 6.07) is 6.03. The molecular formula is C13H14BrN3O2. The van der Waals surface area contributed by atoms with Gasteiger partial charge in [0.2, 0.25) is 0 Å². The molecule has 0 aliphatic carbocycles. The van der Waals surface area contributed by atoms with Crippen LogP contribution in [0.25, 0.3) is 0 Å². The molecule has 2 aromatic rings. The summed E-state index contributed by atoms with van der Waals surface area (Å²) < 4.78 is 5.86. The number of hydrogen-bond donors (Lipinski definition) is 1. The first-order chi connectivity index (χ1) is 9.08. The molecule has 0 atom stereocenters. The van der Waals surface area contributed by atoms with Gasteiger partial charge in [-0.05, 0) is 37.5 Å². The molecule has 0 bridgehead atoms. The molecular weight excluding hydrogens is 310 g/mol. The minimum Gasteiger partial charge on any atom is -0.347 e. The van der Waals surface area contributed by atoms with Crippen molar-refractivity contribution in [1.29, 1.82) is 0 Å². The molecule has 0 saturated carbocycles. The third kappa shape index (κ3) is 3.41. The number of carbonyl (C=O) groups excluding carboxylic acids is 1. The quantitative estimate of drug-likeness (QED) is 0.938. The van der Waals surface area contributed by atoms with E-state index in [9.17, 15) is 4.79 Å². The number of aryl methyl sites for hydroxylation is 1. The largest absolute Gasteiger partial charge is 0.347 e. The zero-order chi connectivity index (χ0) is 13.8. The highest BCUT2D eigenvalue weighted by Gasteiger charge is 2.12. The van der Waals surface area contributed by atoms with Crippen molar-refractivity contribution in [3.05, 3.63) is 45.5 Å². The minimum atomic E-state index is -0.340. The van der Waals surface area contributed by atoms with Crippen molar-refractivity contribution in [2.45, 2.75) is 20.3 Å². The number of carbonyl (C=O) groups is 1. The van der Waals surface area contributed by atoms with Crippen LogP contribution in [0, 0.1) is 13.8 Å². The SMILES string of the molecule is Cc1noc(C(=O)NCCc2cccc(Br)c2C)n1. The molecule has 0 spiro atoms. The van der Waals surface area contributed by atoms with E-state index in [4.69, 9.17) is 4.52 Å². The summed E-state index contributed by atoms with van der Waals surface area (Å²) in [6.45, 7) is 4.24. The van der Waals surface area contributed by atoms with Crippen LogP contribution in [0.5, 0.6) is 0 Å². The molecule has 2 rings (SSSR count). The maximum Gasteiger partial charge on any atom is 0.315 e. The van der Waals surface area contributed by atoms with Crippen LogP contribution in [0.3, 0.4) is 0 Å². The first kappa shape index (κ1) is 13.7. The van der Waals surface area contributed by atoms with Crippen molar-refractivity contribution in [3.8, 4) is 0 Å². The molecule has 0 unspecified atom stereocenters. The van der Waals surface area contributed by atoms with E-state index >= 15 is 0 Å². The van der Waals surface area contributed by atoms with Gasteiger partial charge in [-0.1, -0.05) is 33.2 Å². The zero-order valence-corrected chi connectivity index (χ0v) is 12.3. The Bertz CT molecular complexity index is 595. The molecule has 1 N–H and O–H groups in total. The maximum absolute atomic E-state index is 11.7. The summed E-state index contributed by atoms with van der Waals surface area (Å²) in [4.78, 5) is 15.6. The second-order valence-corrected chi connectivity index (χ2v) is 5.03. The number of nitrogens with zero attached hydrogens (tertiary/aromatic N) is 2. The molecule has 19 heavy (non-hydrogen) atoms. The second-order valence-electron chi connectivity index (χ2n) is 4.18. The summed E-state index contributed by atoms with van der Waals surface area (Å²) in [5.74, 6) is 0.115. The Morgan fingerprint density at radius 1 is 1.42 bits per heavy atom. The van der Waals surface area contributed by atoms with Crippen molar-refractivity contribution < 1.29 is 9.32 Å². The second kappa shape index (κ2) is 5.97. The number of nitrogens with one attached hydrogen (secondary N) is 1. The molecule has 5 nitrogen and oxygen atoms in total. The van der Waals surface area contributed by atoms with Crippen LogP contribution in [0.2, 0.25) is 0 Å². The third-order valence-corrected chi connectivity index (χ3v) is 3.64. The summed E-state index contributed by atoms with van der Waals surface area (Å²) >= 11 is 3.49. The van der Waals surface area contributed by atoms with Gasteiger partial charge < -0.3 is 9.84 Å². The lowest BCUT2D eigenvalue weighted by atomic mass is 10.1. The summed E-state index contributed by atoms with van der Waals surface area (Å²) in [5, 5.41) is 6.33. The number of benzene rings is 1. The van der Waals surface area contributed by atoms with E-state index in [1.54, 1.807) is 6.92 Å². The van der Waals surface area contributed by atoms with Crippen molar-refractivity contribution >= 4 is 21.8 Å². The molecule has 6 heteroatoms. The molecule has 1 heterocycles. The van der Waals surface area contributed by atoms with Crippen LogP contribution in [-0.2, 0) is 6.42 Å². The monoisotopic (exact) mass is 323 g/mol. The highest BCUT2D eigenvalue weighted by atomic mass is 79.9. The third-order valence-electron chi connectivity index (χ3n) is 2.78. The summed E-state index contributed by atoms with van der Waals surface area (Å²) in [7, 11) is 0. The van der Waals surface area contributed by atoms with Gasteiger partial charge in [-0.25, -0.2) is 0 Å². The molecule has 0 aliphatic rings. The molecule has 100 valence electrons. The fourth-order valence-electron chi connectivity index (χ4n) is 1.70. The average molecular weight is 324 g/mol. The van der Waals surface area contributed by atoms with E-state index in [0.717, 1.165) is 10.9 Å². The molecule has 1 aromatic carbocycles. The molecule has 0 saturated heterocycles. The van der Waals surface area contributed by atoms with Crippen LogP contribution in [0.4, 0.5) is 0 Å². The molecule has 1 amide bonds. The standard InChI is InChI=1S/C13H14BrN3O2/c1-8-10(4-3-5-11(8)14)6-7-15-12(18)13-16-9(2)17-19-13/h3-5H,6-7H2,1-2H3,(H,15,18). The zero-order valence-electron chi connectivity index (χ0n) is 10.7. The van der Waals surface area contributed by atoms with Crippen molar-refractivity contribution in [3.63, 3.8) is 0 Å². The van der Waals surface area contributed by atoms with Crippen LogP contribution in [-0.4, -0.2) is 22.6 Å². The predicted molar refractivity (Wildman–Crippen MR) is 74.0 cm³/mol. The van der Waals surface area contributed by atoms with E-state index < -0.39 is 0 Å². The Labute approximate surface area is 119 Å². The number of halogens is 1. The van der Waals surface area contributed by atoms with Crippen molar-refractivity contribution in [2.75, 3.05) is 6.54 Å². The van der Waals surface area contributed by atoms with E-state index in [1.807, 2.05) is 25.1 Å². The first-order valence-electron chi connectivity index (χ1n) is 5.90. The van der Waals surface area contributed by atoms with Gasteiger partial charge in [-0.15, -0.1) is 0 Å². The lowest BCUT2D eigenvalue weighted by molar-refractivity contribution is 0.0910. The summed E-state index contributed by atoms with van der Waals surface area (Å²) in [6.07, 6.45) is 0.754. The number of aromatic nitrogens is 2. The smallest absolute Gasteiger partial charge is 0.315 e. The van der Waals surface area contributed by atoms with E-state index in [-0.39, 0.29) is 11.8 Å². The van der Waals surface area contributed by atoms with Gasteiger partial charge in [0.25, 0.3) is 0 Å². The van der Waals surface area contributed by atoms with Gasteiger partial charge in [-0.2, -0.15) is 4.98 Å². The molecule has 1 aromatic heterocycles. The first-order valence-corrected chi connectivity index (χ1v) is 6.69. The number of amides is 1. The maximum atomic E-state index is 11.7. The normalized spacial score (nSPS) is 10.5. The Balaban J connectivity index is 1.90. The summed E-state index contributed by atoms with van der Waals surface area (Å²) in [5.41, 5.74) is 2.38. The molecule has 0 fully saturated rings. The molecule has 0 radical (unpaired) electrons. The highest BCUT2D eigenvalue weighted by molar-refractivity contribution is 9.10.